The fourth-order valence-corrected chi connectivity index (χ4v) is 4.74. The number of thiophene rings is 1. The third kappa shape index (κ3) is 2.61. The summed E-state index contributed by atoms with van der Waals surface area (Å²) < 4.78 is 11.7. The molecule has 1 spiro atoms. The highest BCUT2D eigenvalue weighted by Gasteiger charge is 2.44. The largest absolute Gasteiger partial charge is 0.350 e. The van der Waals surface area contributed by atoms with Crippen LogP contribution in [0.1, 0.15) is 12.2 Å². The molecule has 5 nitrogen and oxygen atoms in total. The molecule has 0 aliphatic carbocycles. The van der Waals surface area contributed by atoms with Crippen molar-refractivity contribution in [2.45, 2.75) is 19.1 Å². The van der Waals surface area contributed by atoms with Gasteiger partial charge in [-0.05, 0) is 18.6 Å². The third-order valence-electron chi connectivity index (χ3n) is 4.85. The third-order valence-corrected chi connectivity index (χ3v) is 5.93. The molecule has 1 aromatic carbocycles. The van der Waals surface area contributed by atoms with Crippen molar-refractivity contribution in [3.63, 3.8) is 0 Å². The first-order valence-electron chi connectivity index (χ1n) is 8.59. The molecule has 0 saturated carbocycles. The van der Waals surface area contributed by atoms with E-state index >= 15 is 0 Å². The summed E-state index contributed by atoms with van der Waals surface area (Å²) >= 11 is 1.72. The second-order valence-corrected chi connectivity index (χ2v) is 7.60. The normalized spacial score (nSPS) is 19.3. The van der Waals surface area contributed by atoms with Crippen molar-refractivity contribution in [2.75, 3.05) is 31.2 Å². The van der Waals surface area contributed by atoms with Crippen molar-refractivity contribution in [1.82, 2.24) is 9.97 Å². The van der Waals surface area contributed by atoms with Crippen LogP contribution in [-0.2, 0) is 9.47 Å². The van der Waals surface area contributed by atoms with Crippen LogP contribution in [0.3, 0.4) is 0 Å². The summed E-state index contributed by atoms with van der Waals surface area (Å²) in [5, 5.41) is 1.12. The van der Waals surface area contributed by atoms with Crippen LogP contribution in [0.2, 0.25) is 0 Å². The van der Waals surface area contributed by atoms with Gasteiger partial charge in [0, 0.05) is 17.8 Å². The Morgan fingerprint density at radius 1 is 1.12 bits per heavy atom. The van der Waals surface area contributed by atoms with Crippen LogP contribution in [0.25, 0.3) is 20.7 Å². The van der Waals surface area contributed by atoms with Crippen molar-refractivity contribution in [2.24, 2.45) is 0 Å². The molecule has 0 amide bonds. The average Bonchev–Trinajstić information content (AvgIpc) is 3.36. The number of hydrogen-bond donors (Lipinski definition) is 0. The zero-order valence-electron chi connectivity index (χ0n) is 14.1. The van der Waals surface area contributed by atoms with Crippen LogP contribution in [0.4, 0.5) is 5.82 Å². The van der Waals surface area contributed by atoms with Gasteiger partial charge in [-0.25, -0.2) is 9.97 Å². The Morgan fingerprint density at radius 3 is 2.72 bits per heavy atom. The summed E-state index contributed by atoms with van der Waals surface area (Å²) in [5.41, 5.74) is 1.22. The Balaban J connectivity index is 1.57. The minimum absolute atomic E-state index is 0.441. The van der Waals surface area contributed by atoms with Gasteiger partial charge in [0.2, 0.25) is 0 Å². The smallest absolute Gasteiger partial charge is 0.187 e. The highest BCUT2D eigenvalue weighted by atomic mass is 32.1. The van der Waals surface area contributed by atoms with E-state index in [0.717, 1.165) is 41.4 Å². The maximum atomic E-state index is 5.87. The molecule has 6 heteroatoms. The topological polar surface area (TPSA) is 47.5 Å². The minimum atomic E-state index is -0.441. The van der Waals surface area contributed by atoms with Crippen LogP contribution in [0, 0.1) is 6.92 Å². The Labute approximate surface area is 150 Å². The Morgan fingerprint density at radius 2 is 1.92 bits per heavy atom. The van der Waals surface area contributed by atoms with E-state index in [2.05, 4.69) is 40.2 Å². The summed E-state index contributed by atoms with van der Waals surface area (Å²) in [7, 11) is 0. The molecule has 2 aromatic heterocycles. The first-order valence-corrected chi connectivity index (χ1v) is 9.41. The summed E-state index contributed by atoms with van der Waals surface area (Å²) in [6.07, 6.45) is 0.882. The van der Waals surface area contributed by atoms with Crippen LogP contribution < -0.4 is 4.90 Å². The Hall–Kier alpha value is -2.02. The molecule has 0 N–H and O–H groups in total. The predicted molar refractivity (Wildman–Crippen MR) is 99.1 cm³/mol. The molecule has 3 aromatic rings. The van der Waals surface area contributed by atoms with Gasteiger partial charge in [-0.15, -0.1) is 11.3 Å². The number of benzene rings is 1. The maximum Gasteiger partial charge on any atom is 0.187 e. The fraction of sp³-hybridized carbons (Fsp3) is 0.368. The lowest BCUT2D eigenvalue weighted by atomic mass is 10.2. The zero-order valence-corrected chi connectivity index (χ0v) is 14.9. The molecule has 25 heavy (non-hydrogen) atoms. The number of anilines is 1. The fourth-order valence-electron chi connectivity index (χ4n) is 3.66. The van der Waals surface area contributed by atoms with Crippen LogP contribution >= 0.6 is 11.3 Å². The predicted octanol–water partition coefficient (Wildman–Crippen LogP) is 3.62. The second kappa shape index (κ2) is 5.76. The van der Waals surface area contributed by atoms with Crippen molar-refractivity contribution in [3.05, 3.63) is 42.2 Å². The molecule has 128 valence electrons. The van der Waals surface area contributed by atoms with E-state index in [1.807, 2.05) is 13.0 Å². The number of fused-ring (bicyclic) bond motifs is 1. The lowest BCUT2D eigenvalue weighted by molar-refractivity contribution is -0.137. The summed E-state index contributed by atoms with van der Waals surface area (Å²) in [4.78, 5) is 14.0. The molecule has 0 unspecified atom stereocenters. The molecule has 2 saturated heterocycles. The molecular formula is C19H19N3O2S. The van der Waals surface area contributed by atoms with Gasteiger partial charge < -0.3 is 14.4 Å². The van der Waals surface area contributed by atoms with Crippen molar-refractivity contribution >= 4 is 27.4 Å². The molecule has 5 rings (SSSR count). The van der Waals surface area contributed by atoms with E-state index in [0.29, 0.717) is 13.2 Å². The van der Waals surface area contributed by atoms with E-state index in [4.69, 9.17) is 14.5 Å². The number of nitrogens with zero attached hydrogens (tertiary/aromatic N) is 3. The summed E-state index contributed by atoms with van der Waals surface area (Å²) in [6.45, 7) is 4.95. The van der Waals surface area contributed by atoms with Crippen molar-refractivity contribution in [1.29, 1.82) is 0 Å². The standard InChI is InChI=1S/C19H19N3O2S/c1-13-20-17(22-8-7-19(12-22)23-9-10-24-19)15-11-16(25-18(15)21-13)14-5-3-2-4-6-14/h2-6,11H,7-10,12H2,1H3. The molecular weight excluding hydrogens is 334 g/mol. The maximum absolute atomic E-state index is 5.87. The van der Waals surface area contributed by atoms with Gasteiger partial charge in [0.05, 0.1) is 25.1 Å². The van der Waals surface area contributed by atoms with Gasteiger partial charge in [-0.2, -0.15) is 0 Å². The van der Waals surface area contributed by atoms with Crippen LogP contribution in [0.5, 0.6) is 0 Å². The number of aryl methyl sites for hydroxylation is 1. The Kier molecular flexibility index (Phi) is 3.51. The first-order chi connectivity index (χ1) is 12.2. The van der Waals surface area contributed by atoms with Gasteiger partial charge in [0.15, 0.2) is 5.79 Å². The van der Waals surface area contributed by atoms with Gasteiger partial charge in [-0.3, -0.25) is 0 Å². The summed E-state index contributed by atoms with van der Waals surface area (Å²) in [6, 6.07) is 12.7. The minimum Gasteiger partial charge on any atom is -0.350 e. The highest BCUT2D eigenvalue weighted by Crippen LogP contribution is 2.39. The molecule has 0 radical (unpaired) electrons. The monoisotopic (exact) mass is 353 g/mol. The van der Waals surface area contributed by atoms with E-state index in [1.54, 1.807) is 11.3 Å². The number of hydrogen-bond acceptors (Lipinski definition) is 6. The van der Waals surface area contributed by atoms with E-state index in [-0.39, 0.29) is 0 Å². The lowest BCUT2D eigenvalue weighted by Gasteiger charge is -2.23. The van der Waals surface area contributed by atoms with Gasteiger partial charge >= 0.3 is 0 Å². The zero-order chi connectivity index (χ0) is 16.9. The number of aromatic nitrogens is 2. The van der Waals surface area contributed by atoms with Crippen molar-refractivity contribution in [3.8, 4) is 10.4 Å². The molecule has 4 heterocycles. The number of rotatable bonds is 2. The van der Waals surface area contributed by atoms with E-state index in [1.165, 1.54) is 10.4 Å². The quantitative estimate of drug-likeness (QED) is 0.704. The van der Waals surface area contributed by atoms with Crippen molar-refractivity contribution < 1.29 is 9.47 Å². The van der Waals surface area contributed by atoms with Gasteiger partial charge in [-0.1, -0.05) is 30.3 Å². The van der Waals surface area contributed by atoms with E-state index < -0.39 is 5.79 Å². The Bertz CT molecular complexity index is 919. The molecule has 2 fully saturated rings. The van der Waals surface area contributed by atoms with E-state index in [9.17, 15) is 0 Å². The summed E-state index contributed by atoms with van der Waals surface area (Å²) in [5.74, 6) is 1.36. The van der Waals surface area contributed by atoms with Crippen LogP contribution in [-0.4, -0.2) is 42.1 Å². The van der Waals surface area contributed by atoms with Gasteiger partial charge in [0.1, 0.15) is 16.5 Å². The second-order valence-electron chi connectivity index (χ2n) is 6.57. The molecule has 0 bridgehead atoms. The first kappa shape index (κ1) is 15.3. The SMILES string of the molecule is Cc1nc(N2CCC3(C2)OCCO3)c2cc(-c3ccccc3)sc2n1. The lowest BCUT2D eigenvalue weighted by Crippen LogP contribution is -2.34. The molecule has 0 atom stereocenters. The molecule has 2 aliphatic rings. The molecule has 2 aliphatic heterocycles. The van der Waals surface area contributed by atoms with Gasteiger partial charge in [0.25, 0.3) is 0 Å². The van der Waals surface area contributed by atoms with Crippen LogP contribution in [0.15, 0.2) is 36.4 Å². The highest BCUT2D eigenvalue weighted by molar-refractivity contribution is 7.21. The number of ether oxygens (including phenoxy) is 2. The average molecular weight is 353 g/mol.